The summed E-state index contributed by atoms with van der Waals surface area (Å²) in [6.45, 7) is 0.772. The lowest BCUT2D eigenvalue weighted by molar-refractivity contribution is -0.169. The minimum Gasteiger partial charge on any atom is -0.479 e. The normalized spacial score (nSPS) is 21.9. The van der Waals surface area contributed by atoms with Gasteiger partial charge in [-0.15, -0.1) is 0 Å². The maximum Gasteiger partial charge on any atom is 0.336 e. The lowest BCUT2D eigenvalue weighted by Crippen LogP contribution is -2.62. The molecule has 3 amide bonds. The largest absolute Gasteiger partial charge is 0.479 e. The van der Waals surface area contributed by atoms with Crippen molar-refractivity contribution in [3.8, 4) is 0 Å². The Kier molecular flexibility index (Phi) is 2.74. The molecule has 15 heavy (non-hydrogen) atoms. The highest BCUT2D eigenvalue weighted by Gasteiger charge is 2.44. The fourth-order valence-electron chi connectivity index (χ4n) is 1.39. The fraction of sp³-hybridized carbons (Fsp3) is 0.500. The second-order valence-electron chi connectivity index (χ2n) is 3.22. The molecule has 1 atom stereocenters. The maximum atomic E-state index is 11.4. The maximum absolute atomic E-state index is 11.4. The molecule has 1 unspecified atom stereocenters. The minimum atomic E-state index is -1.73. The van der Waals surface area contributed by atoms with Crippen molar-refractivity contribution in [1.82, 2.24) is 9.80 Å². The summed E-state index contributed by atoms with van der Waals surface area (Å²) in [5.41, 5.74) is 0. The number of hydrogen-bond acceptors (Lipinski definition) is 4. The Morgan fingerprint density at radius 3 is 2.33 bits per heavy atom. The minimum absolute atomic E-state index is 0.276. The van der Waals surface area contributed by atoms with Gasteiger partial charge in [0.05, 0.1) is 6.54 Å². The number of amides is 3. The number of carboxylic acids is 1. The first-order chi connectivity index (χ1) is 6.86. The second-order valence-corrected chi connectivity index (χ2v) is 3.22. The van der Waals surface area contributed by atoms with E-state index in [-0.39, 0.29) is 6.54 Å². The molecule has 0 radical (unpaired) electrons. The quantitative estimate of drug-likeness (QED) is 0.524. The van der Waals surface area contributed by atoms with E-state index >= 15 is 0 Å². The fourth-order valence-corrected chi connectivity index (χ4v) is 1.39. The van der Waals surface area contributed by atoms with E-state index in [1.165, 1.54) is 7.05 Å². The van der Waals surface area contributed by atoms with Crippen LogP contribution in [-0.4, -0.2) is 58.2 Å². The summed E-state index contributed by atoms with van der Waals surface area (Å²) in [6, 6.07) is -1.73. The van der Waals surface area contributed by atoms with E-state index in [0.717, 1.165) is 11.8 Å². The van der Waals surface area contributed by atoms with Gasteiger partial charge in [0.25, 0.3) is 5.91 Å². The Labute approximate surface area is 85.2 Å². The van der Waals surface area contributed by atoms with Crippen molar-refractivity contribution in [3.63, 3.8) is 0 Å². The van der Waals surface area contributed by atoms with Crippen molar-refractivity contribution in [2.24, 2.45) is 0 Å². The number of carbonyl (C=O) groups is 4. The van der Waals surface area contributed by atoms with Crippen molar-refractivity contribution in [2.75, 3.05) is 13.6 Å². The van der Waals surface area contributed by atoms with Gasteiger partial charge in [0.1, 0.15) is 0 Å². The number of carbonyl (C=O) groups excluding carboxylic acids is 3. The SMILES string of the molecule is CC(=O)N1C(=O)CN(C)C(=O)C1C(=O)O. The number of likely N-dealkylation sites (N-methyl/N-ethyl adjacent to an activating group) is 1. The molecule has 0 saturated carbocycles. The number of carboxylic acid groups (broad SMARTS) is 1. The van der Waals surface area contributed by atoms with Crippen LogP contribution >= 0.6 is 0 Å². The molecule has 0 aromatic heterocycles. The van der Waals surface area contributed by atoms with Crippen LogP contribution in [0.2, 0.25) is 0 Å². The molecule has 7 nitrogen and oxygen atoms in total. The van der Waals surface area contributed by atoms with Gasteiger partial charge in [-0.25, -0.2) is 4.79 Å². The number of imide groups is 1. The van der Waals surface area contributed by atoms with Gasteiger partial charge in [0.15, 0.2) is 0 Å². The van der Waals surface area contributed by atoms with Gasteiger partial charge in [-0.1, -0.05) is 0 Å². The highest BCUT2D eigenvalue weighted by molar-refractivity contribution is 6.13. The van der Waals surface area contributed by atoms with Gasteiger partial charge in [0.2, 0.25) is 17.9 Å². The molecule has 0 aliphatic carbocycles. The highest BCUT2D eigenvalue weighted by Crippen LogP contribution is 2.11. The standard InChI is InChI=1S/C8H10N2O5/c1-4(11)10-5(12)3-9(2)7(13)6(10)8(14)15/h6H,3H2,1-2H3,(H,14,15). The second kappa shape index (κ2) is 3.68. The van der Waals surface area contributed by atoms with Crippen LogP contribution in [0.25, 0.3) is 0 Å². The van der Waals surface area contributed by atoms with Crippen molar-refractivity contribution in [2.45, 2.75) is 13.0 Å². The Morgan fingerprint density at radius 2 is 1.93 bits per heavy atom. The summed E-state index contributed by atoms with van der Waals surface area (Å²) in [4.78, 5) is 46.1. The molecule has 1 saturated heterocycles. The van der Waals surface area contributed by atoms with Gasteiger partial charge in [-0.05, 0) is 0 Å². The summed E-state index contributed by atoms with van der Waals surface area (Å²) in [5.74, 6) is -3.70. The first-order valence-corrected chi connectivity index (χ1v) is 4.16. The third-order valence-corrected chi connectivity index (χ3v) is 2.08. The number of nitrogens with zero attached hydrogens (tertiary/aromatic N) is 2. The number of hydrogen-bond donors (Lipinski definition) is 1. The van der Waals surface area contributed by atoms with E-state index < -0.39 is 29.7 Å². The summed E-state index contributed by atoms with van der Waals surface area (Å²) in [7, 11) is 1.31. The molecule has 1 heterocycles. The zero-order valence-corrected chi connectivity index (χ0v) is 8.26. The number of rotatable bonds is 1. The van der Waals surface area contributed by atoms with Crippen molar-refractivity contribution < 1.29 is 24.3 Å². The molecule has 0 spiro atoms. The lowest BCUT2D eigenvalue weighted by Gasteiger charge is -2.34. The van der Waals surface area contributed by atoms with Crippen LogP contribution in [-0.2, 0) is 19.2 Å². The average molecular weight is 214 g/mol. The highest BCUT2D eigenvalue weighted by atomic mass is 16.4. The molecule has 7 heteroatoms. The van der Waals surface area contributed by atoms with E-state index in [1.807, 2.05) is 0 Å². The molecular formula is C8H10N2O5. The van der Waals surface area contributed by atoms with Crippen LogP contribution in [0.3, 0.4) is 0 Å². The predicted octanol–water partition coefficient (Wildman–Crippen LogP) is -1.71. The van der Waals surface area contributed by atoms with Crippen LogP contribution < -0.4 is 0 Å². The van der Waals surface area contributed by atoms with Crippen molar-refractivity contribution >= 4 is 23.7 Å². The van der Waals surface area contributed by atoms with E-state index in [1.54, 1.807) is 0 Å². The molecule has 0 bridgehead atoms. The molecular weight excluding hydrogens is 204 g/mol. The number of piperazine rings is 1. The zero-order chi connectivity index (χ0) is 11.7. The monoisotopic (exact) mass is 214 g/mol. The molecule has 0 aromatic carbocycles. The van der Waals surface area contributed by atoms with Crippen LogP contribution in [0.1, 0.15) is 6.92 Å². The van der Waals surface area contributed by atoms with E-state index in [0.29, 0.717) is 4.90 Å². The van der Waals surface area contributed by atoms with Gasteiger partial charge < -0.3 is 10.0 Å². The Hall–Kier alpha value is -1.92. The zero-order valence-electron chi connectivity index (χ0n) is 8.26. The summed E-state index contributed by atoms with van der Waals surface area (Å²) < 4.78 is 0. The molecule has 0 aromatic rings. The van der Waals surface area contributed by atoms with Crippen molar-refractivity contribution in [3.05, 3.63) is 0 Å². The Balaban J connectivity index is 3.11. The predicted molar refractivity (Wildman–Crippen MR) is 46.6 cm³/mol. The summed E-state index contributed by atoms with van der Waals surface area (Å²) >= 11 is 0. The van der Waals surface area contributed by atoms with Gasteiger partial charge in [-0.3, -0.25) is 19.3 Å². The van der Waals surface area contributed by atoms with Crippen LogP contribution in [0.4, 0.5) is 0 Å². The molecule has 1 aliphatic rings. The topological polar surface area (TPSA) is 95.0 Å². The first-order valence-electron chi connectivity index (χ1n) is 4.16. The summed E-state index contributed by atoms with van der Waals surface area (Å²) in [5, 5.41) is 8.77. The van der Waals surface area contributed by atoms with Crippen LogP contribution in [0, 0.1) is 0 Å². The third-order valence-electron chi connectivity index (χ3n) is 2.08. The van der Waals surface area contributed by atoms with Gasteiger partial charge >= 0.3 is 5.97 Å². The molecule has 1 aliphatic heterocycles. The van der Waals surface area contributed by atoms with Crippen LogP contribution in [0.5, 0.6) is 0 Å². The first kappa shape index (κ1) is 11.2. The van der Waals surface area contributed by atoms with E-state index in [9.17, 15) is 19.2 Å². The average Bonchev–Trinajstić information content (AvgIpc) is 2.09. The smallest absolute Gasteiger partial charge is 0.336 e. The number of aliphatic carboxylic acids is 1. The molecule has 82 valence electrons. The van der Waals surface area contributed by atoms with E-state index in [2.05, 4.69) is 0 Å². The van der Waals surface area contributed by atoms with Gasteiger partial charge in [0, 0.05) is 14.0 Å². The Morgan fingerprint density at radius 1 is 1.40 bits per heavy atom. The van der Waals surface area contributed by atoms with Crippen LogP contribution in [0.15, 0.2) is 0 Å². The molecule has 1 rings (SSSR count). The van der Waals surface area contributed by atoms with Gasteiger partial charge in [-0.2, -0.15) is 0 Å². The van der Waals surface area contributed by atoms with Crippen molar-refractivity contribution in [1.29, 1.82) is 0 Å². The summed E-state index contributed by atoms with van der Waals surface area (Å²) in [6.07, 6.45) is 0. The molecule has 1 N–H and O–H groups in total. The molecule has 1 fully saturated rings. The lowest BCUT2D eigenvalue weighted by atomic mass is 10.1. The van der Waals surface area contributed by atoms with E-state index in [4.69, 9.17) is 5.11 Å². The third kappa shape index (κ3) is 1.80. The Bertz CT molecular complexity index is 351.